The quantitative estimate of drug-likeness (QED) is 0.655. The standard InChI is InChI=1S/C19H19N3O2S/c1-22-18(17-13-23-15-9-5-6-10-16(15)24-17)20-21-19(22)25-12-11-14-7-3-2-4-8-14/h2-10,17H,11-13H2,1H3. The van der Waals surface area contributed by atoms with Crippen LogP contribution in [0.5, 0.6) is 11.5 Å². The van der Waals surface area contributed by atoms with E-state index in [0.717, 1.165) is 34.7 Å². The summed E-state index contributed by atoms with van der Waals surface area (Å²) in [6, 6.07) is 18.2. The highest BCUT2D eigenvalue weighted by atomic mass is 32.2. The number of aryl methyl sites for hydroxylation is 1. The van der Waals surface area contributed by atoms with E-state index >= 15 is 0 Å². The molecule has 5 nitrogen and oxygen atoms in total. The van der Waals surface area contributed by atoms with Crippen molar-refractivity contribution in [1.29, 1.82) is 0 Å². The van der Waals surface area contributed by atoms with Crippen molar-refractivity contribution >= 4 is 11.8 Å². The van der Waals surface area contributed by atoms with Gasteiger partial charge in [0.2, 0.25) is 0 Å². The highest BCUT2D eigenvalue weighted by Crippen LogP contribution is 2.35. The summed E-state index contributed by atoms with van der Waals surface area (Å²) in [5.41, 5.74) is 1.33. The molecule has 2 aromatic carbocycles. The maximum atomic E-state index is 6.03. The zero-order valence-corrected chi connectivity index (χ0v) is 14.8. The lowest BCUT2D eigenvalue weighted by Gasteiger charge is -2.25. The smallest absolute Gasteiger partial charge is 0.192 e. The number of aromatic nitrogens is 3. The van der Waals surface area contributed by atoms with Crippen molar-refractivity contribution in [1.82, 2.24) is 14.8 Å². The van der Waals surface area contributed by atoms with Gasteiger partial charge in [-0.2, -0.15) is 0 Å². The third-order valence-corrected chi connectivity index (χ3v) is 5.15. The van der Waals surface area contributed by atoms with Crippen molar-refractivity contribution in [3.8, 4) is 11.5 Å². The van der Waals surface area contributed by atoms with E-state index in [9.17, 15) is 0 Å². The molecule has 2 heterocycles. The van der Waals surface area contributed by atoms with Gasteiger partial charge in [0.15, 0.2) is 28.6 Å². The summed E-state index contributed by atoms with van der Waals surface area (Å²) in [6.45, 7) is 0.442. The van der Waals surface area contributed by atoms with E-state index in [1.807, 2.05) is 41.9 Å². The number of hydrogen-bond donors (Lipinski definition) is 0. The van der Waals surface area contributed by atoms with Gasteiger partial charge in [-0.3, -0.25) is 0 Å². The summed E-state index contributed by atoms with van der Waals surface area (Å²) < 4.78 is 13.8. The van der Waals surface area contributed by atoms with E-state index < -0.39 is 0 Å². The molecule has 0 spiro atoms. The maximum Gasteiger partial charge on any atom is 0.192 e. The average molecular weight is 353 g/mol. The first kappa shape index (κ1) is 16.0. The molecule has 0 saturated heterocycles. The van der Waals surface area contributed by atoms with E-state index in [1.165, 1.54) is 5.56 Å². The number of thioether (sulfide) groups is 1. The first-order valence-electron chi connectivity index (χ1n) is 8.26. The predicted molar refractivity (Wildman–Crippen MR) is 97.2 cm³/mol. The Morgan fingerprint density at radius 1 is 1.04 bits per heavy atom. The number of para-hydroxylation sites is 2. The predicted octanol–water partition coefficient (Wildman–Crippen LogP) is 3.66. The van der Waals surface area contributed by atoms with Crippen molar-refractivity contribution in [2.45, 2.75) is 17.7 Å². The van der Waals surface area contributed by atoms with Crippen molar-refractivity contribution in [2.75, 3.05) is 12.4 Å². The van der Waals surface area contributed by atoms with Crippen LogP contribution in [0.2, 0.25) is 0 Å². The number of rotatable bonds is 5. The van der Waals surface area contributed by atoms with Crippen LogP contribution >= 0.6 is 11.8 Å². The molecule has 3 aromatic rings. The number of ether oxygens (including phenoxy) is 2. The normalized spacial score (nSPS) is 16.0. The summed E-state index contributed by atoms with van der Waals surface area (Å²) in [7, 11) is 1.98. The van der Waals surface area contributed by atoms with Gasteiger partial charge in [-0.05, 0) is 24.1 Å². The largest absolute Gasteiger partial charge is 0.485 e. The molecule has 1 unspecified atom stereocenters. The molecule has 25 heavy (non-hydrogen) atoms. The van der Waals surface area contributed by atoms with Crippen LogP contribution in [0.25, 0.3) is 0 Å². The maximum absolute atomic E-state index is 6.03. The summed E-state index contributed by atoms with van der Waals surface area (Å²) in [6.07, 6.45) is 0.764. The zero-order valence-electron chi connectivity index (χ0n) is 14.0. The molecule has 0 fully saturated rings. The topological polar surface area (TPSA) is 49.2 Å². The van der Waals surface area contributed by atoms with Gasteiger partial charge in [0.25, 0.3) is 0 Å². The van der Waals surface area contributed by atoms with Crippen LogP contribution < -0.4 is 9.47 Å². The summed E-state index contributed by atoms with van der Waals surface area (Å²) in [5.74, 6) is 3.27. The lowest BCUT2D eigenvalue weighted by molar-refractivity contribution is 0.0825. The molecule has 128 valence electrons. The molecule has 0 aliphatic carbocycles. The fourth-order valence-electron chi connectivity index (χ4n) is 2.78. The Hall–Kier alpha value is -2.47. The SMILES string of the molecule is Cn1c(SCCc2ccccc2)nnc1C1COc2ccccc2O1. The first-order chi connectivity index (χ1) is 12.3. The van der Waals surface area contributed by atoms with E-state index in [1.54, 1.807) is 11.8 Å². The third kappa shape index (κ3) is 3.49. The minimum Gasteiger partial charge on any atom is -0.485 e. The van der Waals surface area contributed by atoms with Crippen molar-refractivity contribution in [3.63, 3.8) is 0 Å². The molecule has 1 aromatic heterocycles. The highest BCUT2D eigenvalue weighted by molar-refractivity contribution is 7.99. The van der Waals surface area contributed by atoms with E-state index in [4.69, 9.17) is 9.47 Å². The van der Waals surface area contributed by atoms with Gasteiger partial charge in [-0.25, -0.2) is 0 Å². The van der Waals surface area contributed by atoms with Gasteiger partial charge in [-0.15, -0.1) is 10.2 Å². The van der Waals surface area contributed by atoms with Crippen LogP contribution in [0.3, 0.4) is 0 Å². The number of fused-ring (bicyclic) bond motifs is 1. The van der Waals surface area contributed by atoms with Crippen LogP contribution in [0.1, 0.15) is 17.5 Å². The molecular formula is C19H19N3O2S. The average Bonchev–Trinajstić information content (AvgIpc) is 3.03. The van der Waals surface area contributed by atoms with Gasteiger partial charge < -0.3 is 14.0 Å². The van der Waals surface area contributed by atoms with Crippen molar-refractivity contribution in [3.05, 3.63) is 66.0 Å². The molecule has 1 aliphatic heterocycles. The molecule has 0 amide bonds. The minimum absolute atomic E-state index is 0.240. The molecule has 1 atom stereocenters. The molecule has 6 heteroatoms. The highest BCUT2D eigenvalue weighted by Gasteiger charge is 2.27. The van der Waals surface area contributed by atoms with E-state index in [0.29, 0.717) is 6.61 Å². The number of nitrogens with zero attached hydrogens (tertiary/aromatic N) is 3. The third-order valence-electron chi connectivity index (χ3n) is 4.13. The molecule has 1 aliphatic rings. The zero-order chi connectivity index (χ0) is 17.1. The monoisotopic (exact) mass is 353 g/mol. The Balaban J connectivity index is 1.41. The molecular weight excluding hydrogens is 334 g/mol. The Morgan fingerprint density at radius 3 is 2.64 bits per heavy atom. The molecule has 4 rings (SSSR count). The van der Waals surface area contributed by atoms with Gasteiger partial charge in [-0.1, -0.05) is 54.2 Å². The molecule has 0 bridgehead atoms. The molecule has 0 N–H and O–H groups in total. The van der Waals surface area contributed by atoms with Crippen molar-refractivity contribution < 1.29 is 9.47 Å². The van der Waals surface area contributed by atoms with Gasteiger partial charge in [0.1, 0.15) is 6.61 Å². The van der Waals surface area contributed by atoms with Crippen LogP contribution in [-0.2, 0) is 13.5 Å². The number of benzene rings is 2. The van der Waals surface area contributed by atoms with E-state index in [2.05, 4.69) is 34.5 Å². The fraction of sp³-hybridized carbons (Fsp3) is 0.263. The second-order valence-electron chi connectivity index (χ2n) is 5.85. The van der Waals surface area contributed by atoms with Gasteiger partial charge in [0.05, 0.1) is 0 Å². The molecule has 0 radical (unpaired) electrons. The summed E-state index contributed by atoms with van der Waals surface area (Å²) in [5, 5.41) is 9.54. The Morgan fingerprint density at radius 2 is 1.80 bits per heavy atom. The van der Waals surface area contributed by atoms with Gasteiger partial charge >= 0.3 is 0 Å². The summed E-state index contributed by atoms with van der Waals surface area (Å²) >= 11 is 1.71. The minimum atomic E-state index is -0.240. The van der Waals surface area contributed by atoms with Crippen molar-refractivity contribution in [2.24, 2.45) is 7.05 Å². The Kier molecular flexibility index (Phi) is 4.61. The summed E-state index contributed by atoms with van der Waals surface area (Å²) in [4.78, 5) is 0. The van der Waals surface area contributed by atoms with Crippen LogP contribution in [0.15, 0.2) is 59.8 Å². The number of hydrogen-bond acceptors (Lipinski definition) is 5. The lowest BCUT2D eigenvalue weighted by Crippen LogP contribution is -2.24. The first-order valence-corrected chi connectivity index (χ1v) is 9.24. The fourth-order valence-corrected chi connectivity index (χ4v) is 3.69. The Bertz CT molecular complexity index is 851. The van der Waals surface area contributed by atoms with Crippen LogP contribution in [-0.4, -0.2) is 27.1 Å². The van der Waals surface area contributed by atoms with Crippen LogP contribution in [0, 0.1) is 0 Å². The lowest BCUT2D eigenvalue weighted by atomic mass is 10.2. The Labute approximate surface area is 151 Å². The molecule has 0 saturated carbocycles. The second kappa shape index (κ2) is 7.19. The second-order valence-corrected chi connectivity index (χ2v) is 6.91. The van der Waals surface area contributed by atoms with E-state index in [-0.39, 0.29) is 6.10 Å². The van der Waals surface area contributed by atoms with Gasteiger partial charge in [0, 0.05) is 12.8 Å². The van der Waals surface area contributed by atoms with Crippen LogP contribution in [0.4, 0.5) is 0 Å².